The maximum atomic E-state index is 13.3. The number of benzene rings is 3. The second-order valence-corrected chi connectivity index (χ2v) is 9.78. The van der Waals surface area contributed by atoms with E-state index in [0.29, 0.717) is 15.5 Å². The summed E-state index contributed by atoms with van der Waals surface area (Å²) in [5.41, 5.74) is 1.64. The van der Waals surface area contributed by atoms with Crippen molar-refractivity contribution in [2.24, 2.45) is 0 Å². The highest BCUT2D eigenvalue weighted by atomic mass is 35.5. The number of alkyl halides is 3. The summed E-state index contributed by atoms with van der Waals surface area (Å²) in [5, 5.41) is 18.0. The molecule has 0 saturated heterocycles. The molecule has 0 bridgehead atoms. The third-order valence-corrected chi connectivity index (χ3v) is 6.69. The Hall–Kier alpha value is -3.04. The van der Waals surface area contributed by atoms with Crippen LogP contribution >= 0.6 is 23.4 Å². The highest BCUT2D eigenvalue weighted by Crippen LogP contribution is 2.46. The lowest BCUT2D eigenvalue weighted by Crippen LogP contribution is -2.45. The molecule has 1 unspecified atom stereocenters. The van der Waals surface area contributed by atoms with E-state index in [4.69, 9.17) is 22.4 Å². The number of carbonyl (C=O) groups is 1. The van der Waals surface area contributed by atoms with Gasteiger partial charge in [-0.05, 0) is 53.9 Å². The molecule has 1 aliphatic rings. The van der Waals surface area contributed by atoms with Gasteiger partial charge in [0.15, 0.2) is 0 Å². The number of hydrogen-bond donors (Lipinski definition) is 2. The Balaban J connectivity index is 0.000000454. The normalized spacial score (nSPS) is 15.6. The fourth-order valence-corrected chi connectivity index (χ4v) is 5.24. The molecule has 0 saturated carbocycles. The number of thioether (sulfide) groups is 1. The Morgan fingerprint density at radius 1 is 1.11 bits per heavy atom. The molecule has 0 aliphatic carbocycles. The fraction of sp³-hybridized carbons (Fsp3) is 0.269. The fourth-order valence-electron chi connectivity index (χ4n) is 3.85. The summed E-state index contributed by atoms with van der Waals surface area (Å²) in [7, 11) is 0. The van der Waals surface area contributed by atoms with Gasteiger partial charge in [-0.15, -0.1) is 11.8 Å². The molecule has 0 radical (unpaired) electrons. The first-order chi connectivity index (χ1) is 16.9. The number of carbonyl (C=O) groups excluding carboxylic acids is 1. The van der Waals surface area contributed by atoms with Gasteiger partial charge in [0.2, 0.25) is 5.84 Å². The van der Waals surface area contributed by atoms with Crippen LogP contribution in [-0.4, -0.2) is 35.7 Å². The Morgan fingerprint density at radius 3 is 2.39 bits per heavy atom. The standard InChI is InChI=1S/C21H15ClF3N3S.C5H10O2/c22-13-8-9-17-16(10-13)19(15-7-3-5-12-4-1-2-6-14(12)15)29-11-18(26)28(17)20(27)21(23,24)25;1-4(2)7-5(3)6/h1-10,19,26-27H,11H2;4H,1-3H3. The van der Waals surface area contributed by atoms with Crippen molar-refractivity contribution in [1.29, 1.82) is 10.8 Å². The van der Waals surface area contributed by atoms with Crippen molar-refractivity contribution in [1.82, 2.24) is 0 Å². The predicted octanol–water partition coefficient (Wildman–Crippen LogP) is 7.61. The largest absolute Gasteiger partial charge is 0.463 e. The van der Waals surface area contributed by atoms with Gasteiger partial charge in [0.25, 0.3) is 0 Å². The Kier molecular flexibility index (Phi) is 8.68. The minimum Gasteiger partial charge on any atom is -0.463 e. The SMILES string of the molecule is CC(=O)OC(C)C.N=C1CSC(c2cccc3ccccc23)c2cc(Cl)ccc2N1C(=N)C(F)(F)F. The van der Waals surface area contributed by atoms with E-state index >= 15 is 0 Å². The van der Waals surface area contributed by atoms with Crippen molar-refractivity contribution < 1.29 is 22.7 Å². The van der Waals surface area contributed by atoms with Gasteiger partial charge in [-0.2, -0.15) is 13.2 Å². The monoisotopic (exact) mass is 535 g/mol. The molecule has 1 aliphatic heterocycles. The van der Waals surface area contributed by atoms with Crippen LogP contribution in [0.4, 0.5) is 18.9 Å². The summed E-state index contributed by atoms with van der Waals surface area (Å²) in [4.78, 5) is 10.7. The smallest absolute Gasteiger partial charge is 0.449 e. The Bertz CT molecular complexity index is 1290. The maximum Gasteiger partial charge on any atom is 0.449 e. The summed E-state index contributed by atoms with van der Waals surface area (Å²) in [5.74, 6) is -2.05. The van der Waals surface area contributed by atoms with E-state index in [0.717, 1.165) is 16.3 Å². The van der Waals surface area contributed by atoms with Crippen molar-refractivity contribution in [2.45, 2.75) is 38.3 Å². The van der Waals surface area contributed by atoms with Gasteiger partial charge in [-0.1, -0.05) is 54.1 Å². The minimum absolute atomic E-state index is 0.0255. The van der Waals surface area contributed by atoms with Gasteiger partial charge < -0.3 is 4.74 Å². The molecule has 0 spiro atoms. The first-order valence-electron chi connectivity index (χ1n) is 11.0. The number of fused-ring (bicyclic) bond motifs is 2. The van der Waals surface area contributed by atoms with E-state index in [1.165, 1.54) is 30.8 Å². The number of anilines is 1. The van der Waals surface area contributed by atoms with Crippen molar-refractivity contribution >= 4 is 57.5 Å². The van der Waals surface area contributed by atoms with Crippen molar-refractivity contribution in [2.75, 3.05) is 10.7 Å². The number of amidine groups is 2. The van der Waals surface area contributed by atoms with E-state index < -0.39 is 12.0 Å². The average molecular weight is 536 g/mol. The molecule has 3 aromatic rings. The van der Waals surface area contributed by atoms with Crippen LogP contribution < -0.4 is 4.90 Å². The first-order valence-corrected chi connectivity index (χ1v) is 12.4. The topological polar surface area (TPSA) is 77.2 Å². The molecule has 3 aromatic carbocycles. The van der Waals surface area contributed by atoms with Gasteiger partial charge in [0, 0.05) is 11.9 Å². The van der Waals surface area contributed by atoms with Crippen molar-refractivity contribution in [3.63, 3.8) is 0 Å². The lowest BCUT2D eigenvalue weighted by Gasteiger charge is -2.27. The first kappa shape index (κ1) is 27.5. The van der Waals surface area contributed by atoms with E-state index in [1.54, 1.807) is 6.07 Å². The Morgan fingerprint density at radius 2 is 1.78 bits per heavy atom. The van der Waals surface area contributed by atoms with Gasteiger partial charge >= 0.3 is 12.1 Å². The van der Waals surface area contributed by atoms with Gasteiger partial charge in [-0.3, -0.25) is 20.5 Å². The minimum atomic E-state index is -4.87. The Labute approximate surface area is 216 Å². The zero-order valence-electron chi connectivity index (χ0n) is 19.8. The number of esters is 1. The van der Waals surface area contributed by atoms with Crippen LogP contribution in [0.2, 0.25) is 5.02 Å². The molecule has 4 rings (SSSR count). The third-order valence-electron chi connectivity index (χ3n) is 5.17. The molecule has 0 amide bonds. The quantitative estimate of drug-likeness (QED) is 0.201. The summed E-state index contributed by atoms with van der Waals surface area (Å²) in [6.07, 6.45) is -4.84. The van der Waals surface area contributed by atoms with Crippen LogP contribution in [0.5, 0.6) is 0 Å². The van der Waals surface area contributed by atoms with E-state index in [-0.39, 0.29) is 34.6 Å². The molecular formula is C26H25ClF3N3O2S. The average Bonchev–Trinajstić information content (AvgIpc) is 2.93. The molecule has 36 heavy (non-hydrogen) atoms. The summed E-state index contributed by atoms with van der Waals surface area (Å²) >= 11 is 7.55. The van der Waals surface area contributed by atoms with Crippen LogP contribution in [0.25, 0.3) is 10.8 Å². The molecule has 0 fully saturated rings. The van der Waals surface area contributed by atoms with Gasteiger partial charge in [0.1, 0.15) is 5.84 Å². The zero-order valence-corrected chi connectivity index (χ0v) is 21.4. The molecular weight excluding hydrogens is 511 g/mol. The molecule has 1 heterocycles. The van der Waals surface area contributed by atoms with Gasteiger partial charge in [0.05, 0.1) is 22.8 Å². The molecule has 10 heteroatoms. The number of ether oxygens (including phenoxy) is 1. The summed E-state index contributed by atoms with van der Waals surface area (Å²) < 4.78 is 44.6. The van der Waals surface area contributed by atoms with Crippen molar-refractivity contribution in [3.05, 3.63) is 76.8 Å². The van der Waals surface area contributed by atoms with E-state index in [9.17, 15) is 18.0 Å². The molecule has 0 aromatic heterocycles. The third kappa shape index (κ3) is 6.39. The van der Waals surface area contributed by atoms with Crippen LogP contribution in [0, 0.1) is 10.8 Å². The number of nitrogens with zero attached hydrogens (tertiary/aromatic N) is 1. The number of hydrogen-bond acceptors (Lipinski definition) is 5. The van der Waals surface area contributed by atoms with Crippen LogP contribution in [0.15, 0.2) is 60.7 Å². The number of nitrogens with one attached hydrogen (secondary N) is 2. The second kappa shape index (κ2) is 11.3. The lowest BCUT2D eigenvalue weighted by atomic mass is 9.96. The van der Waals surface area contributed by atoms with Crippen LogP contribution in [-0.2, 0) is 9.53 Å². The molecule has 2 N–H and O–H groups in total. The van der Waals surface area contributed by atoms with Crippen molar-refractivity contribution in [3.8, 4) is 0 Å². The van der Waals surface area contributed by atoms with Crippen LogP contribution in [0.1, 0.15) is 37.1 Å². The molecule has 1 atom stereocenters. The molecule has 5 nitrogen and oxygen atoms in total. The zero-order chi connectivity index (χ0) is 26.6. The number of halogens is 4. The number of rotatable bonds is 2. The maximum absolute atomic E-state index is 13.3. The summed E-state index contributed by atoms with van der Waals surface area (Å²) in [6.45, 7) is 5.04. The highest BCUT2D eigenvalue weighted by molar-refractivity contribution is 8.00. The van der Waals surface area contributed by atoms with Gasteiger partial charge in [-0.25, -0.2) is 0 Å². The predicted molar refractivity (Wildman–Crippen MR) is 141 cm³/mol. The van der Waals surface area contributed by atoms with E-state index in [2.05, 4.69) is 4.74 Å². The summed E-state index contributed by atoms with van der Waals surface area (Å²) in [6, 6.07) is 18.2. The lowest BCUT2D eigenvalue weighted by molar-refractivity contribution is -0.144. The van der Waals surface area contributed by atoms with E-state index in [1.807, 2.05) is 56.3 Å². The van der Waals surface area contributed by atoms with Crippen LogP contribution in [0.3, 0.4) is 0 Å². The second-order valence-electron chi connectivity index (χ2n) is 8.25. The molecule has 190 valence electrons. The highest BCUT2D eigenvalue weighted by Gasteiger charge is 2.43.